The van der Waals surface area contributed by atoms with Crippen molar-refractivity contribution in [3.05, 3.63) is 58.5 Å². The Morgan fingerprint density at radius 3 is 2.39 bits per heavy atom. The van der Waals surface area contributed by atoms with Crippen LogP contribution in [0.25, 0.3) is 0 Å². The van der Waals surface area contributed by atoms with Crippen molar-refractivity contribution in [3.63, 3.8) is 0 Å². The van der Waals surface area contributed by atoms with Gasteiger partial charge in [-0.1, -0.05) is 11.6 Å². The third-order valence-electron chi connectivity index (χ3n) is 2.70. The molecule has 120 valence electrons. The Hall–Kier alpha value is -2.80. The highest BCUT2D eigenvalue weighted by Gasteiger charge is 2.14. The number of hydrazine groups is 1. The lowest BCUT2D eigenvalue weighted by Gasteiger charge is -2.07. The van der Waals surface area contributed by atoms with Crippen molar-refractivity contribution < 1.29 is 23.5 Å². The first-order chi connectivity index (χ1) is 11.0. The SMILES string of the molecule is Cc1ccc(C(=O)OCC(=O)NNC(=O)c2ccc(Cl)cc2)o1. The van der Waals surface area contributed by atoms with Crippen molar-refractivity contribution in [3.8, 4) is 0 Å². The first kappa shape index (κ1) is 16.6. The zero-order valence-corrected chi connectivity index (χ0v) is 12.8. The van der Waals surface area contributed by atoms with Crippen LogP contribution in [0.4, 0.5) is 0 Å². The minimum Gasteiger partial charge on any atom is -0.454 e. The first-order valence-electron chi connectivity index (χ1n) is 6.54. The summed E-state index contributed by atoms with van der Waals surface area (Å²) in [7, 11) is 0. The summed E-state index contributed by atoms with van der Waals surface area (Å²) in [6.45, 7) is 1.12. The largest absolute Gasteiger partial charge is 0.454 e. The van der Waals surface area contributed by atoms with Gasteiger partial charge in [0, 0.05) is 10.6 Å². The molecule has 0 aliphatic heterocycles. The quantitative estimate of drug-likeness (QED) is 0.656. The van der Waals surface area contributed by atoms with E-state index >= 15 is 0 Å². The van der Waals surface area contributed by atoms with Gasteiger partial charge in [0.05, 0.1) is 0 Å². The van der Waals surface area contributed by atoms with Crippen LogP contribution in [0.1, 0.15) is 26.7 Å². The van der Waals surface area contributed by atoms with Gasteiger partial charge in [-0.05, 0) is 43.3 Å². The van der Waals surface area contributed by atoms with Crippen molar-refractivity contribution in [2.75, 3.05) is 6.61 Å². The number of furan rings is 1. The van der Waals surface area contributed by atoms with Crippen LogP contribution in [0.5, 0.6) is 0 Å². The summed E-state index contributed by atoms with van der Waals surface area (Å²) < 4.78 is 9.80. The summed E-state index contributed by atoms with van der Waals surface area (Å²) in [5.74, 6) is -1.43. The summed E-state index contributed by atoms with van der Waals surface area (Å²) in [5, 5.41) is 0.491. The van der Waals surface area contributed by atoms with Gasteiger partial charge < -0.3 is 9.15 Å². The molecule has 0 aliphatic carbocycles. The van der Waals surface area contributed by atoms with Crippen molar-refractivity contribution in [2.24, 2.45) is 0 Å². The molecule has 0 saturated heterocycles. The first-order valence-corrected chi connectivity index (χ1v) is 6.92. The Morgan fingerprint density at radius 1 is 1.09 bits per heavy atom. The van der Waals surface area contributed by atoms with Gasteiger partial charge in [0.25, 0.3) is 11.8 Å². The van der Waals surface area contributed by atoms with Crippen LogP contribution in [-0.4, -0.2) is 24.4 Å². The summed E-state index contributed by atoms with van der Waals surface area (Å²) in [5.41, 5.74) is 4.64. The number of esters is 1. The Kier molecular flexibility index (Phi) is 5.37. The van der Waals surface area contributed by atoms with Crippen molar-refractivity contribution in [1.82, 2.24) is 10.9 Å². The van der Waals surface area contributed by atoms with Gasteiger partial charge in [0.1, 0.15) is 5.76 Å². The third-order valence-corrected chi connectivity index (χ3v) is 2.95. The van der Waals surface area contributed by atoms with Gasteiger partial charge in [0.15, 0.2) is 6.61 Å². The fraction of sp³-hybridized carbons (Fsp3) is 0.133. The van der Waals surface area contributed by atoms with E-state index in [1.807, 2.05) is 0 Å². The fourth-order valence-corrected chi connectivity index (χ4v) is 1.71. The van der Waals surface area contributed by atoms with Crippen molar-refractivity contribution >= 4 is 29.4 Å². The molecule has 1 heterocycles. The summed E-state index contributed by atoms with van der Waals surface area (Å²) in [6.07, 6.45) is 0. The van der Waals surface area contributed by atoms with E-state index in [1.54, 1.807) is 25.1 Å². The molecule has 0 saturated carbocycles. The second-order valence-corrected chi connectivity index (χ2v) is 4.93. The molecule has 2 N–H and O–H groups in total. The lowest BCUT2D eigenvalue weighted by atomic mass is 10.2. The van der Waals surface area contributed by atoms with Crippen LogP contribution in [0.15, 0.2) is 40.8 Å². The van der Waals surface area contributed by atoms with E-state index in [2.05, 4.69) is 10.9 Å². The second-order valence-electron chi connectivity index (χ2n) is 4.50. The minimum absolute atomic E-state index is 0.000463. The van der Waals surface area contributed by atoms with Gasteiger partial charge in [-0.2, -0.15) is 0 Å². The highest BCUT2D eigenvalue weighted by atomic mass is 35.5. The van der Waals surface area contributed by atoms with Gasteiger partial charge in [-0.3, -0.25) is 20.4 Å². The van der Waals surface area contributed by atoms with Gasteiger partial charge in [-0.15, -0.1) is 0 Å². The summed E-state index contributed by atoms with van der Waals surface area (Å²) in [4.78, 5) is 34.8. The number of rotatable bonds is 4. The van der Waals surface area contributed by atoms with Crippen LogP contribution < -0.4 is 10.9 Å². The molecule has 8 heteroatoms. The molecule has 2 aromatic rings. The number of halogens is 1. The van der Waals surface area contributed by atoms with Crippen LogP contribution in [-0.2, 0) is 9.53 Å². The Labute approximate surface area is 136 Å². The molecule has 0 bridgehead atoms. The molecule has 0 spiro atoms. The standard InChI is InChI=1S/C15H13ClN2O5/c1-9-2-7-12(23-9)15(21)22-8-13(19)17-18-14(20)10-3-5-11(16)6-4-10/h2-7H,8H2,1H3,(H,17,19)(H,18,20). The average molecular weight is 337 g/mol. The van der Waals surface area contributed by atoms with Crippen LogP contribution in [0.3, 0.4) is 0 Å². The highest BCUT2D eigenvalue weighted by Crippen LogP contribution is 2.09. The molecule has 0 unspecified atom stereocenters. The van der Waals surface area contributed by atoms with Crippen molar-refractivity contribution in [1.29, 1.82) is 0 Å². The molecule has 0 atom stereocenters. The molecule has 1 aromatic heterocycles. The number of carbonyl (C=O) groups is 3. The number of aryl methyl sites for hydroxylation is 1. The zero-order valence-electron chi connectivity index (χ0n) is 12.1. The minimum atomic E-state index is -0.766. The molecule has 0 aliphatic rings. The number of ether oxygens (including phenoxy) is 1. The number of nitrogens with one attached hydrogen (secondary N) is 2. The van der Waals surface area contributed by atoms with Gasteiger partial charge >= 0.3 is 5.97 Å². The third kappa shape index (κ3) is 4.86. The predicted octanol–water partition coefficient (Wildman–Crippen LogP) is 1.86. The zero-order chi connectivity index (χ0) is 16.8. The van der Waals surface area contributed by atoms with E-state index in [4.69, 9.17) is 20.8 Å². The van der Waals surface area contributed by atoms with Crippen molar-refractivity contribution in [2.45, 2.75) is 6.92 Å². The molecule has 0 fully saturated rings. The van der Waals surface area contributed by atoms with E-state index in [9.17, 15) is 14.4 Å². The van der Waals surface area contributed by atoms with E-state index in [1.165, 1.54) is 18.2 Å². The summed E-state index contributed by atoms with van der Waals surface area (Å²) in [6, 6.07) is 9.14. The monoisotopic (exact) mass is 336 g/mol. The second kappa shape index (κ2) is 7.46. The molecule has 23 heavy (non-hydrogen) atoms. The molecule has 7 nitrogen and oxygen atoms in total. The molecular weight excluding hydrogens is 324 g/mol. The predicted molar refractivity (Wildman–Crippen MR) is 80.8 cm³/mol. The molecule has 0 radical (unpaired) electrons. The van der Waals surface area contributed by atoms with Gasteiger partial charge in [-0.25, -0.2) is 4.79 Å². The van der Waals surface area contributed by atoms with Crippen LogP contribution in [0.2, 0.25) is 5.02 Å². The lowest BCUT2D eigenvalue weighted by molar-refractivity contribution is -0.125. The van der Waals surface area contributed by atoms with E-state index < -0.39 is 24.4 Å². The van der Waals surface area contributed by atoms with E-state index in [0.717, 1.165) is 0 Å². The maximum Gasteiger partial charge on any atom is 0.374 e. The molecule has 2 rings (SSSR count). The number of benzene rings is 1. The number of amides is 2. The fourth-order valence-electron chi connectivity index (χ4n) is 1.58. The maximum absolute atomic E-state index is 11.7. The average Bonchev–Trinajstić information content (AvgIpc) is 2.97. The molecular formula is C15H13ClN2O5. The number of hydrogen-bond donors (Lipinski definition) is 2. The molecule has 2 amide bonds. The van der Waals surface area contributed by atoms with Crippen LogP contribution >= 0.6 is 11.6 Å². The topological polar surface area (TPSA) is 97.6 Å². The Balaban J connectivity index is 1.75. The number of hydrogen-bond acceptors (Lipinski definition) is 5. The van der Waals surface area contributed by atoms with Gasteiger partial charge in [0.2, 0.25) is 5.76 Å². The lowest BCUT2D eigenvalue weighted by Crippen LogP contribution is -2.43. The highest BCUT2D eigenvalue weighted by molar-refractivity contribution is 6.30. The smallest absolute Gasteiger partial charge is 0.374 e. The Morgan fingerprint density at radius 2 is 1.78 bits per heavy atom. The van der Waals surface area contributed by atoms with E-state index in [-0.39, 0.29) is 5.76 Å². The normalized spacial score (nSPS) is 10.0. The molecule has 1 aromatic carbocycles. The Bertz CT molecular complexity index is 724. The summed E-state index contributed by atoms with van der Waals surface area (Å²) >= 11 is 5.71. The maximum atomic E-state index is 11.7. The number of carbonyl (C=O) groups excluding carboxylic acids is 3. The van der Waals surface area contributed by atoms with E-state index in [0.29, 0.717) is 16.3 Å². The van der Waals surface area contributed by atoms with Crippen LogP contribution in [0, 0.1) is 6.92 Å².